The van der Waals surface area contributed by atoms with E-state index in [1.165, 1.54) is 4.90 Å². The third kappa shape index (κ3) is 4.21. The summed E-state index contributed by atoms with van der Waals surface area (Å²) in [7, 11) is 1.58. The fraction of sp³-hybridized carbons (Fsp3) is 0.364. The highest BCUT2D eigenvalue weighted by molar-refractivity contribution is 9.10. The van der Waals surface area contributed by atoms with E-state index in [1.807, 2.05) is 0 Å². The van der Waals surface area contributed by atoms with Crippen LogP contribution in [0, 0.1) is 5.41 Å². The van der Waals surface area contributed by atoms with E-state index < -0.39 is 12.6 Å². The number of hydrogen-bond acceptors (Lipinski definition) is 2. The van der Waals surface area contributed by atoms with E-state index in [-0.39, 0.29) is 12.4 Å². The number of anilines is 1. The number of nitrogens with zero attached hydrogens (tertiary/aromatic N) is 1. The van der Waals surface area contributed by atoms with Gasteiger partial charge in [-0.25, -0.2) is 0 Å². The monoisotopic (exact) mass is 323 g/mol. The normalized spacial score (nSPS) is 11.4. The highest BCUT2D eigenvalue weighted by Gasteiger charge is 2.27. The standard InChI is InChI=1S/C11H13BrF3N3/c1-18(5-4-11(13,14)15)9-3-2-7(10(16)17)6-8(9)12/h2-3,6H,4-5H2,1H3,(H3,16,17). The van der Waals surface area contributed by atoms with Gasteiger partial charge in [0.05, 0.1) is 12.1 Å². The van der Waals surface area contributed by atoms with Crippen molar-refractivity contribution in [2.75, 3.05) is 18.5 Å². The second-order valence-electron chi connectivity index (χ2n) is 3.87. The van der Waals surface area contributed by atoms with Crippen LogP contribution in [0.5, 0.6) is 0 Å². The van der Waals surface area contributed by atoms with Crippen LogP contribution in [0.4, 0.5) is 18.9 Å². The minimum absolute atomic E-state index is 0.0832. The van der Waals surface area contributed by atoms with Gasteiger partial charge in [0.2, 0.25) is 0 Å². The molecule has 0 amide bonds. The zero-order valence-corrected chi connectivity index (χ0v) is 11.3. The van der Waals surface area contributed by atoms with E-state index in [9.17, 15) is 13.2 Å². The summed E-state index contributed by atoms with van der Waals surface area (Å²) >= 11 is 3.26. The lowest BCUT2D eigenvalue weighted by Gasteiger charge is -2.21. The van der Waals surface area contributed by atoms with Gasteiger partial charge in [-0.15, -0.1) is 0 Å². The van der Waals surface area contributed by atoms with Crippen LogP contribution < -0.4 is 10.6 Å². The molecular weight excluding hydrogens is 311 g/mol. The molecular formula is C11H13BrF3N3. The number of nitrogens with two attached hydrogens (primary N) is 1. The maximum absolute atomic E-state index is 12.1. The first-order chi connectivity index (χ1) is 8.20. The molecule has 7 heteroatoms. The maximum atomic E-state index is 12.1. The van der Waals surface area contributed by atoms with E-state index in [4.69, 9.17) is 11.1 Å². The Hall–Kier alpha value is -1.24. The van der Waals surface area contributed by atoms with Crippen molar-refractivity contribution < 1.29 is 13.2 Å². The van der Waals surface area contributed by atoms with Crippen molar-refractivity contribution >= 4 is 27.5 Å². The average molecular weight is 324 g/mol. The van der Waals surface area contributed by atoms with Crippen molar-refractivity contribution in [1.29, 1.82) is 5.41 Å². The third-order valence-electron chi connectivity index (χ3n) is 2.40. The predicted molar refractivity (Wildman–Crippen MR) is 69.1 cm³/mol. The largest absolute Gasteiger partial charge is 0.390 e. The van der Waals surface area contributed by atoms with Gasteiger partial charge in [-0.3, -0.25) is 5.41 Å². The van der Waals surface area contributed by atoms with Crippen LogP contribution in [0.3, 0.4) is 0 Å². The van der Waals surface area contributed by atoms with Gasteiger partial charge in [-0.05, 0) is 34.1 Å². The third-order valence-corrected chi connectivity index (χ3v) is 3.04. The number of nitrogens with one attached hydrogen (secondary N) is 1. The quantitative estimate of drug-likeness (QED) is 0.660. The molecule has 0 saturated carbocycles. The summed E-state index contributed by atoms with van der Waals surface area (Å²) in [6, 6.07) is 4.85. The number of benzene rings is 1. The fourth-order valence-corrected chi connectivity index (χ4v) is 2.08. The van der Waals surface area contributed by atoms with Crippen molar-refractivity contribution in [2.24, 2.45) is 5.73 Å². The smallest absolute Gasteiger partial charge is 0.384 e. The molecule has 0 aliphatic rings. The molecule has 100 valence electrons. The summed E-state index contributed by atoms with van der Waals surface area (Å²) in [5.74, 6) is -0.0832. The minimum atomic E-state index is -4.17. The van der Waals surface area contributed by atoms with Gasteiger partial charge in [0.25, 0.3) is 0 Å². The molecule has 1 rings (SSSR count). The number of alkyl halides is 3. The van der Waals surface area contributed by atoms with E-state index in [0.29, 0.717) is 15.7 Å². The molecule has 0 unspecified atom stereocenters. The summed E-state index contributed by atoms with van der Waals surface area (Å²) < 4.78 is 37.0. The molecule has 0 radical (unpaired) electrons. The predicted octanol–water partition coefficient (Wildman–Crippen LogP) is 3.12. The van der Waals surface area contributed by atoms with Crippen LogP contribution in [-0.4, -0.2) is 25.6 Å². The van der Waals surface area contributed by atoms with Gasteiger partial charge in [-0.1, -0.05) is 0 Å². The molecule has 3 N–H and O–H groups in total. The molecule has 18 heavy (non-hydrogen) atoms. The molecule has 0 heterocycles. The zero-order chi connectivity index (χ0) is 13.9. The molecule has 0 atom stereocenters. The minimum Gasteiger partial charge on any atom is -0.384 e. The SMILES string of the molecule is CN(CCC(F)(F)F)c1ccc(C(=N)N)cc1Br. The van der Waals surface area contributed by atoms with Crippen LogP contribution in [0.1, 0.15) is 12.0 Å². The first kappa shape index (κ1) is 14.8. The summed E-state index contributed by atoms with van der Waals surface area (Å²) in [5.41, 5.74) is 6.48. The molecule has 0 spiro atoms. The Morgan fingerprint density at radius 2 is 2.06 bits per heavy atom. The molecule has 0 aliphatic carbocycles. The summed E-state index contributed by atoms with van der Waals surface area (Å²) in [5, 5.41) is 7.27. The molecule has 1 aromatic carbocycles. The van der Waals surface area contributed by atoms with Crippen LogP contribution in [0.15, 0.2) is 22.7 Å². The van der Waals surface area contributed by atoms with Crippen LogP contribution in [0.25, 0.3) is 0 Å². The Kier molecular flexibility index (Phi) is 4.61. The van der Waals surface area contributed by atoms with Crippen molar-refractivity contribution in [3.63, 3.8) is 0 Å². The summed E-state index contributed by atoms with van der Waals surface area (Å²) in [6.07, 6.45) is -5.04. The number of rotatable bonds is 4. The number of halogens is 4. The van der Waals surface area contributed by atoms with Crippen LogP contribution in [0.2, 0.25) is 0 Å². The van der Waals surface area contributed by atoms with Gasteiger partial charge in [0.15, 0.2) is 0 Å². The summed E-state index contributed by atoms with van der Waals surface area (Å²) in [6.45, 7) is -0.123. The lowest BCUT2D eigenvalue weighted by Crippen LogP contribution is -2.24. The molecule has 0 aromatic heterocycles. The second-order valence-corrected chi connectivity index (χ2v) is 4.72. The topological polar surface area (TPSA) is 53.1 Å². The van der Waals surface area contributed by atoms with Crippen molar-refractivity contribution in [2.45, 2.75) is 12.6 Å². The number of nitrogen functional groups attached to an aromatic ring is 1. The Morgan fingerprint density at radius 1 is 1.44 bits per heavy atom. The van der Waals surface area contributed by atoms with Gasteiger partial charge >= 0.3 is 6.18 Å². The van der Waals surface area contributed by atoms with Crippen LogP contribution in [-0.2, 0) is 0 Å². The highest BCUT2D eigenvalue weighted by Crippen LogP contribution is 2.28. The molecule has 0 saturated heterocycles. The molecule has 0 bridgehead atoms. The van der Waals surface area contributed by atoms with E-state index in [2.05, 4.69) is 15.9 Å². The van der Waals surface area contributed by atoms with Crippen LogP contribution >= 0.6 is 15.9 Å². The summed E-state index contributed by atoms with van der Waals surface area (Å²) in [4.78, 5) is 1.50. The Labute approximate surface area is 111 Å². The second kappa shape index (κ2) is 5.60. The lowest BCUT2D eigenvalue weighted by molar-refractivity contribution is -0.132. The van der Waals surface area contributed by atoms with Gasteiger partial charge < -0.3 is 10.6 Å². The zero-order valence-electron chi connectivity index (χ0n) is 9.68. The molecule has 0 aliphatic heterocycles. The average Bonchev–Trinajstić information content (AvgIpc) is 2.24. The molecule has 1 aromatic rings. The molecule has 0 fully saturated rings. The van der Waals surface area contributed by atoms with Crippen molar-refractivity contribution in [1.82, 2.24) is 0 Å². The Morgan fingerprint density at radius 3 is 2.50 bits per heavy atom. The number of amidine groups is 1. The maximum Gasteiger partial charge on any atom is 0.390 e. The highest BCUT2D eigenvalue weighted by atomic mass is 79.9. The van der Waals surface area contributed by atoms with E-state index in [0.717, 1.165) is 0 Å². The first-order valence-electron chi connectivity index (χ1n) is 5.12. The van der Waals surface area contributed by atoms with E-state index in [1.54, 1.807) is 25.2 Å². The molecule has 3 nitrogen and oxygen atoms in total. The van der Waals surface area contributed by atoms with Crippen molar-refractivity contribution in [3.05, 3.63) is 28.2 Å². The van der Waals surface area contributed by atoms with E-state index >= 15 is 0 Å². The van der Waals surface area contributed by atoms with Gasteiger partial charge in [-0.2, -0.15) is 13.2 Å². The van der Waals surface area contributed by atoms with Crippen molar-refractivity contribution in [3.8, 4) is 0 Å². The van der Waals surface area contributed by atoms with Gasteiger partial charge in [0, 0.05) is 23.6 Å². The van der Waals surface area contributed by atoms with Gasteiger partial charge in [0.1, 0.15) is 5.84 Å². The Bertz CT molecular complexity index is 446. The number of hydrogen-bond donors (Lipinski definition) is 2. The fourth-order valence-electron chi connectivity index (χ4n) is 1.40. The first-order valence-corrected chi connectivity index (χ1v) is 5.92. The Balaban J connectivity index is 2.80. The lowest BCUT2D eigenvalue weighted by atomic mass is 10.2.